The number of amides is 1. The van der Waals surface area contributed by atoms with Gasteiger partial charge in [0.1, 0.15) is 17.3 Å². The lowest BCUT2D eigenvalue weighted by Gasteiger charge is -2.15. The minimum Gasteiger partial charge on any atom is -0.459 e. The van der Waals surface area contributed by atoms with Crippen LogP contribution < -0.4 is 0 Å². The summed E-state index contributed by atoms with van der Waals surface area (Å²) in [6, 6.07) is 21.4. The molecule has 0 N–H and O–H groups in total. The van der Waals surface area contributed by atoms with E-state index in [1.807, 2.05) is 66.2 Å². The summed E-state index contributed by atoms with van der Waals surface area (Å²) in [5.41, 5.74) is 2.12. The lowest BCUT2D eigenvalue weighted by atomic mass is 10.1. The van der Waals surface area contributed by atoms with Gasteiger partial charge in [0.25, 0.3) is 0 Å². The third-order valence-electron chi connectivity index (χ3n) is 5.06. The van der Waals surface area contributed by atoms with Crippen LogP contribution in [0.25, 0.3) is 11.3 Å². The zero-order valence-electron chi connectivity index (χ0n) is 17.9. The Bertz CT molecular complexity index is 1190. The molecule has 0 aliphatic rings. The average Bonchev–Trinajstić information content (AvgIpc) is 3.40. The number of hydrogen-bond donors (Lipinski definition) is 0. The maximum Gasteiger partial charge on any atom is 0.233 e. The van der Waals surface area contributed by atoms with Crippen molar-refractivity contribution in [2.75, 3.05) is 12.8 Å². The number of furan rings is 1. The number of halogens is 1. The summed E-state index contributed by atoms with van der Waals surface area (Å²) in [5, 5.41) is 9.93. The second kappa shape index (κ2) is 10.1. The molecule has 0 fully saturated rings. The molecular weight excluding hydrogens is 444 g/mol. The number of nitrogens with zero attached hydrogens (tertiary/aromatic N) is 4. The molecule has 0 saturated heterocycles. The van der Waals surface area contributed by atoms with Crippen LogP contribution in [0.2, 0.25) is 5.02 Å². The average molecular weight is 467 g/mol. The van der Waals surface area contributed by atoms with Gasteiger partial charge in [0.05, 0.1) is 12.3 Å². The maximum atomic E-state index is 12.6. The molecule has 0 aliphatic carbocycles. The number of aromatic nitrogens is 3. The molecule has 32 heavy (non-hydrogen) atoms. The van der Waals surface area contributed by atoms with E-state index in [1.165, 1.54) is 17.3 Å². The van der Waals surface area contributed by atoms with Crippen LogP contribution in [-0.4, -0.2) is 38.4 Å². The fraction of sp³-hybridized carbons (Fsp3) is 0.208. The van der Waals surface area contributed by atoms with Crippen LogP contribution in [0.1, 0.15) is 17.1 Å². The quantitative estimate of drug-likeness (QED) is 0.339. The van der Waals surface area contributed by atoms with Gasteiger partial charge in [0.2, 0.25) is 5.91 Å². The van der Waals surface area contributed by atoms with Gasteiger partial charge in [-0.1, -0.05) is 53.7 Å². The first-order chi connectivity index (χ1) is 15.5. The standard InChI is InChI=1S/C24H23ClN4O2S/c1-28(15-20-12-13-21(31-20)18-8-10-19(25)11-9-18)23(30)16-32-24-27-26-22(29(24)2)14-17-6-4-3-5-7-17/h3-13H,14-16H2,1-2H3. The van der Waals surface area contributed by atoms with Crippen LogP contribution >= 0.6 is 23.4 Å². The van der Waals surface area contributed by atoms with E-state index >= 15 is 0 Å². The van der Waals surface area contributed by atoms with Gasteiger partial charge in [-0.3, -0.25) is 4.79 Å². The minimum absolute atomic E-state index is 0.00736. The van der Waals surface area contributed by atoms with Crippen molar-refractivity contribution in [2.24, 2.45) is 7.05 Å². The molecule has 1 amide bonds. The van der Waals surface area contributed by atoms with Crippen LogP contribution in [0.3, 0.4) is 0 Å². The van der Waals surface area contributed by atoms with E-state index in [1.54, 1.807) is 11.9 Å². The molecule has 4 rings (SSSR count). The molecule has 0 radical (unpaired) electrons. The van der Waals surface area contributed by atoms with Crippen molar-refractivity contribution in [3.05, 3.63) is 88.9 Å². The Morgan fingerprint density at radius 1 is 1.06 bits per heavy atom. The first-order valence-electron chi connectivity index (χ1n) is 10.1. The van der Waals surface area contributed by atoms with Crippen molar-refractivity contribution in [2.45, 2.75) is 18.1 Å². The highest BCUT2D eigenvalue weighted by Crippen LogP contribution is 2.24. The predicted molar refractivity (Wildman–Crippen MR) is 127 cm³/mol. The Kier molecular flexibility index (Phi) is 6.97. The van der Waals surface area contributed by atoms with E-state index in [-0.39, 0.29) is 11.7 Å². The zero-order chi connectivity index (χ0) is 22.5. The molecule has 0 unspecified atom stereocenters. The maximum absolute atomic E-state index is 12.6. The summed E-state index contributed by atoms with van der Waals surface area (Å²) < 4.78 is 7.84. The van der Waals surface area contributed by atoms with Crippen LogP contribution in [0, 0.1) is 0 Å². The molecule has 0 aliphatic heterocycles. The number of rotatable bonds is 8. The summed E-state index contributed by atoms with van der Waals surface area (Å²) in [6.45, 7) is 0.394. The normalized spacial score (nSPS) is 11.0. The van der Waals surface area contributed by atoms with Gasteiger partial charge in [0, 0.05) is 31.1 Å². The molecular formula is C24H23ClN4O2S. The Morgan fingerprint density at radius 3 is 2.56 bits per heavy atom. The van der Waals surface area contributed by atoms with Crippen LogP contribution in [-0.2, 0) is 24.8 Å². The summed E-state index contributed by atoms with van der Waals surface area (Å²) in [5.74, 6) is 2.60. The Balaban J connectivity index is 1.31. The third kappa shape index (κ3) is 5.41. The van der Waals surface area contributed by atoms with Gasteiger partial charge in [-0.15, -0.1) is 10.2 Å². The lowest BCUT2D eigenvalue weighted by molar-refractivity contribution is -0.127. The SMILES string of the molecule is CN(Cc1ccc(-c2ccc(Cl)cc2)o1)C(=O)CSc1nnc(Cc2ccccc2)n1C. The first kappa shape index (κ1) is 22.2. The molecule has 0 bridgehead atoms. The molecule has 2 heterocycles. The molecule has 6 nitrogen and oxygen atoms in total. The Morgan fingerprint density at radius 2 is 1.81 bits per heavy atom. The number of benzene rings is 2. The zero-order valence-corrected chi connectivity index (χ0v) is 19.4. The van der Waals surface area contributed by atoms with Crippen molar-refractivity contribution in [1.29, 1.82) is 0 Å². The molecule has 2 aromatic heterocycles. The molecule has 2 aromatic carbocycles. The highest BCUT2D eigenvalue weighted by Gasteiger charge is 2.16. The highest BCUT2D eigenvalue weighted by atomic mass is 35.5. The van der Waals surface area contributed by atoms with E-state index in [0.717, 1.165) is 28.1 Å². The van der Waals surface area contributed by atoms with Crippen LogP contribution in [0.5, 0.6) is 0 Å². The van der Waals surface area contributed by atoms with Crippen molar-refractivity contribution in [3.63, 3.8) is 0 Å². The van der Waals surface area contributed by atoms with Gasteiger partial charge in [-0.2, -0.15) is 0 Å². The Hall–Kier alpha value is -3.03. The van der Waals surface area contributed by atoms with Crippen LogP contribution in [0.15, 0.2) is 76.3 Å². The smallest absolute Gasteiger partial charge is 0.233 e. The van der Waals surface area contributed by atoms with Crippen molar-refractivity contribution in [1.82, 2.24) is 19.7 Å². The predicted octanol–water partition coefficient (Wildman–Crippen LogP) is 5.07. The molecule has 0 saturated carbocycles. The van der Waals surface area contributed by atoms with Gasteiger partial charge in [0.15, 0.2) is 5.16 Å². The van der Waals surface area contributed by atoms with E-state index in [9.17, 15) is 4.79 Å². The first-order valence-corrected chi connectivity index (χ1v) is 11.5. The van der Waals surface area contributed by atoms with Gasteiger partial charge < -0.3 is 13.9 Å². The fourth-order valence-corrected chi connectivity index (χ4v) is 4.19. The Labute approximate surface area is 196 Å². The summed E-state index contributed by atoms with van der Waals surface area (Å²) in [6.07, 6.45) is 0.702. The lowest BCUT2D eigenvalue weighted by Crippen LogP contribution is -2.27. The number of carbonyl (C=O) groups excluding carboxylic acids is 1. The second-order valence-electron chi connectivity index (χ2n) is 7.43. The third-order valence-corrected chi connectivity index (χ3v) is 6.32. The van der Waals surface area contributed by atoms with E-state index < -0.39 is 0 Å². The number of hydrogen-bond acceptors (Lipinski definition) is 5. The highest BCUT2D eigenvalue weighted by molar-refractivity contribution is 7.99. The largest absolute Gasteiger partial charge is 0.459 e. The molecule has 0 atom stereocenters. The van der Waals surface area contributed by atoms with Crippen molar-refractivity contribution in [3.8, 4) is 11.3 Å². The van der Waals surface area contributed by atoms with Crippen LogP contribution in [0.4, 0.5) is 0 Å². The summed E-state index contributed by atoms with van der Waals surface area (Å²) >= 11 is 7.33. The van der Waals surface area contributed by atoms with Crippen molar-refractivity contribution < 1.29 is 9.21 Å². The molecule has 164 valence electrons. The summed E-state index contributed by atoms with van der Waals surface area (Å²) in [7, 11) is 3.70. The number of thioether (sulfide) groups is 1. The molecule has 0 spiro atoms. The van der Waals surface area contributed by atoms with Crippen molar-refractivity contribution >= 4 is 29.3 Å². The monoisotopic (exact) mass is 466 g/mol. The van der Waals surface area contributed by atoms with Gasteiger partial charge >= 0.3 is 0 Å². The second-order valence-corrected chi connectivity index (χ2v) is 8.81. The van der Waals surface area contributed by atoms with Gasteiger partial charge in [-0.25, -0.2) is 0 Å². The van der Waals surface area contributed by atoms with Gasteiger partial charge in [-0.05, 0) is 42.0 Å². The topological polar surface area (TPSA) is 64.2 Å². The minimum atomic E-state index is -0.00736. The summed E-state index contributed by atoms with van der Waals surface area (Å²) in [4.78, 5) is 14.3. The van der Waals surface area contributed by atoms with E-state index in [2.05, 4.69) is 22.3 Å². The van der Waals surface area contributed by atoms with E-state index in [4.69, 9.17) is 16.0 Å². The number of carbonyl (C=O) groups is 1. The molecule has 8 heteroatoms. The van der Waals surface area contributed by atoms with E-state index in [0.29, 0.717) is 18.0 Å². The fourth-order valence-electron chi connectivity index (χ4n) is 3.19. The molecule has 4 aromatic rings.